The Morgan fingerprint density at radius 3 is 2.84 bits per heavy atom. The van der Waals surface area contributed by atoms with Crippen molar-refractivity contribution in [1.29, 1.82) is 0 Å². The number of carbonyl (C=O) groups is 1. The topological polar surface area (TPSA) is 41.6 Å². The lowest BCUT2D eigenvalue weighted by Gasteiger charge is -2.32. The van der Waals surface area contributed by atoms with E-state index in [1.807, 2.05) is 26.1 Å². The van der Waals surface area contributed by atoms with Crippen molar-refractivity contribution in [2.24, 2.45) is 0 Å². The van der Waals surface area contributed by atoms with Crippen LogP contribution in [0.25, 0.3) is 0 Å². The highest BCUT2D eigenvalue weighted by Gasteiger charge is 2.28. The van der Waals surface area contributed by atoms with Gasteiger partial charge in [0.1, 0.15) is 0 Å². The number of likely N-dealkylation sites (N-methyl/N-ethyl adjacent to an activating group) is 1. The molecule has 4 nitrogen and oxygen atoms in total. The lowest BCUT2D eigenvalue weighted by atomic mass is 9.95. The molecule has 0 saturated heterocycles. The number of nitrogens with one attached hydrogen (secondary N) is 1. The van der Waals surface area contributed by atoms with Gasteiger partial charge in [0.2, 0.25) is 5.91 Å². The molecule has 1 aliphatic rings. The van der Waals surface area contributed by atoms with E-state index in [1.54, 1.807) is 12.0 Å². The maximum Gasteiger partial charge on any atom is 0.240 e. The standard InChI is InChI=1S/C15H22N2O2/c1-11(10-19-3)17(2)15(18)14-8-12-6-4-5-7-13(12)9-16-14/h4-7,11,14,16H,8-10H2,1-3H3. The van der Waals surface area contributed by atoms with E-state index in [0.29, 0.717) is 6.61 Å². The van der Waals surface area contributed by atoms with Gasteiger partial charge in [0.05, 0.1) is 18.7 Å². The smallest absolute Gasteiger partial charge is 0.240 e. The predicted molar refractivity (Wildman–Crippen MR) is 74.9 cm³/mol. The summed E-state index contributed by atoms with van der Waals surface area (Å²) in [7, 11) is 3.50. The molecule has 4 heteroatoms. The number of ether oxygens (including phenoxy) is 1. The van der Waals surface area contributed by atoms with Crippen LogP contribution in [0.4, 0.5) is 0 Å². The third-order valence-electron chi connectivity index (χ3n) is 3.80. The van der Waals surface area contributed by atoms with Gasteiger partial charge < -0.3 is 15.0 Å². The molecule has 0 bridgehead atoms. The van der Waals surface area contributed by atoms with Crippen LogP contribution in [0.5, 0.6) is 0 Å². The van der Waals surface area contributed by atoms with Gasteiger partial charge in [-0.25, -0.2) is 0 Å². The predicted octanol–water partition coefficient (Wildman–Crippen LogP) is 1.19. The number of benzene rings is 1. The van der Waals surface area contributed by atoms with Crippen molar-refractivity contribution in [3.63, 3.8) is 0 Å². The van der Waals surface area contributed by atoms with E-state index in [2.05, 4.69) is 17.4 Å². The molecule has 2 rings (SSSR count). The second-order valence-corrected chi connectivity index (χ2v) is 5.16. The minimum Gasteiger partial charge on any atom is -0.383 e. The van der Waals surface area contributed by atoms with Gasteiger partial charge in [-0.1, -0.05) is 24.3 Å². The second kappa shape index (κ2) is 6.17. The van der Waals surface area contributed by atoms with Gasteiger partial charge in [-0.15, -0.1) is 0 Å². The molecule has 19 heavy (non-hydrogen) atoms. The highest BCUT2D eigenvalue weighted by Crippen LogP contribution is 2.17. The number of rotatable bonds is 4. The van der Waals surface area contributed by atoms with Crippen LogP contribution in [0, 0.1) is 0 Å². The summed E-state index contributed by atoms with van der Waals surface area (Å²) in [5.74, 6) is 0.138. The molecule has 0 aliphatic carbocycles. The average Bonchev–Trinajstić information content (AvgIpc) is 2.45. The Bertz CT molecular complexity index is 448. The monoisotopic (exact) mass is 262 g/mol. The molecule has 0 aromatic heterocycles. The number of carbonyl (C=O) groups excluding carboxylic acids is 1. The lowest BCUT2D eigenvalue weighted by Crippen LogP contribution is -2.51. The minimum absolute atomic E-state index is 0.0940. The molecule has 2 unspecified atom stereocenters. The summed E-state index contributed by atoms with van der Waals surface area (Å²) in [6.07, 6.45) is 0.763. The maximum absolute atomic E-state index is 12.4. The van der Waals surface area contributed by atoms with Crippen LogP contribution in [0.3, 0.4) is 0 Å². The van der Waals surface area contributed by atoms with Crippen molar-refractivity contribution in [2.45, 2.75) is 32.0 Å². The van der Waals surface area contributed by atoms with Crippen LogP contribution >= 0.6 is 0 Å². The maximum atomic E-state index is 12.4. The van der Waals surface area contributed by atoms with Crippen molar-refractivity contribution < 1.29 is 9.53 Å². The summed E-state index contributed by atoms with van der Waals surface area (Å²) in [4.78, 5) is 14.2. The van der Waals surface area contributed by atoms with Crippen LogP contribution in [0.1, 0.15) is 18.1 Å². The Balaban J connectivity index is 2.02. The summed E-state index contributed by atoms with van der Waals surface area (Å²) >= 11 is 0. The molecule has 0 radical (unpaired) electrons. The molecule has 104 valence electrons. The second-order valence-electron chi connectivity index (χ2n) is 5.16. The molecule has 0 spiro atoms. The zero-order chi connectivity index (χ0) is 13.8. The van der Waals surface area contributed by atoms with Crippen molar-refractivity contribution in [3.8, 4) is 0 Å². The summed E-state index contributed by atoms with van der Waals surface area (Å²) in [5.41, 5.74) is 2.56. The lowest BCUT2D eigenvalue weighted by molar-refractivity contribution is -0.135. The third-order valence-corrected chi connectivity index (χ3v) is 3.80. The fourth-order valence-corrected chi connectivity index (χ4v) is 2.44. The normalized spacial score (nSPS) is 19.6. The van der Waals surface area contributed by atoms with Gasteiger partial charge in [0.15, 0.2) is 0 Å². The molecule has 1 heterocycles. The van der Waals surface area contributed by atoms with Crippen molar-refractivity contribution in [2.75, 3.05) is 20.8 Å². The van der Waals surface area contributed by atoms with Gasteiger partial charge in [0, 0.05) is 20.7 Å². The van der Waals surface area contributed by atoms with E-state index in [-0.39, 0.29) is 18.0 Å². The molecule has 0 fully saturated rings. The van der Waals surface area contributed by atoms with Gasteiger partial charge in [-0.3, -0.25) is 4.79 Å². The largest absolute Gasteiger partial charge is 0.383 e. The zero-order valence-corrected chi connectivity index (χ0v) is 11.8. The first-order chi connectivity index (χ1) is 9.13. The summed E-state index contributed by atoms with van der Waals surface area (Å²) in [6, 6.07) is 8.25. The van der Waals surface area contributed by atoms with E-state index in [9.17, 15) is 4.79 Å². The molecule has 1 N–H and O–H groups in total. The van der Waals surface area contributed by atoms with E-state index in [4.69, 9.17) is 4.74 Å². The first kappa shape index (κ1) is 14.0. The number of methoxy groups -OCH3 is 1. The highest BCUT2D eigenvalue weighted by molar-refractivity contribution is 5.82. The molecule has 1 aromatic rings. The summed E-state index contributed by atoms with van der Waals surface area (Å²) in [6.45, 7) is 3.32. The molecule has 2 atom stereocenters. The van der Waals surface area contributed by atoms with Crippen molar-refractivity contribution >= 4 is 5.91 Å². The van der Waals surface area contributed by atoms with Crippen LogP contribution in [-0.4, -0.2) is 43.7 Å². The quantitative estimate of drug-likeness (QED) is 0.886. The first-order valence-corrected chi connectivity index (χ1v) is 6.69. The van der Waals surface area contributed by atoms with Crippen LogP contribution < -0.4 is 5.32 Å². The number of amides is 1. The van der Waals surface area contributed by atoms with Gasteiger partial charge >= 0.3 is 0 Å². The molecular formula is C15H22N2O2. The fourth-order valence-electron chi connectivity index (χ4n) is 2.44. The van der Waals surface area contributed by atoms with Gasteiger partial charge in [-0.2, -0.15) is 0 Å². The van der Waals surface area contributed by atoms with Crippen LogP contribution in [0.2, 0.25) is 0 Å². The Kier molecular flexibility index (Phi) is 4.56. The Morgan fingerprint density at radius 2 is 2.16 bits per heavy atom. The van der Waals surface area contributed by atoms with Crippen molar-refractivity contribution in [1.82, 2.24) is 10.2 Å². The Labute approximate surface area is 114 Å². The Morgan fingerprint density at radius 1 is 1.47 bits per heavy atom. The van der Waals surface area contributed by atoms with E-state index in [0.717, 1.165) is 13.0 Å². The highest BCUT2D eigenvalue weighted by atomic mass is 16.5. The average molecular weight is 262 g/mol. The first-order valence-electron chi connectivity index (χ1n) is 6.69. The number of hydrogen-bond donors (Lipinski definition) is 1. The summed E-state index contributed by atoms with van der Waals surface area (Å²) in [5, 5.41) is 3.32. The van der Waals surface area contributed by atoms with Crippen LogP contribution in [-0.2, 0) is 22.5 Å². The SMILES string of the molecule is COCC(C)N(C)C(=O)C1Cc2ccccc2CN1. The molecule has 0 saturated carbocycles. The number of hydrogen-bond acceptors (Lipinski definition) is 3. The van der Waals surface area contributed by atoms with Gasteiger partial charge in [-0.05, 0) is 24.5 Å². The van der Waals surface area contributed by atoms with E-state index >= 15 is 0 Å². The molecule has 1 aliphatic heterocycles. The number of nitrogens with zero attached hydrogens (tertiary/aromatic N) is 1. The number of fused-ring (bicyclic) bond motifs is 1. The van der Waals surface area contributed by atoms with Crippen molar-refractivity contribution in [3.05, 3.63) is 35.4 Å². The third kappa shape index (κ3) is 3.14. The zero-order valence-electron chi connectivity index (χ0n) is 11.8. The molecular weight excluding hydrogens is 240 g/mol. The van der Waals surface area contributed by atoms with E-state index < -0.39 is 0 Å². The van der Waals surface area contributed by atoms with E-state index in [1.165, 1.54) is 11.1 Å². The molecule has 1 amide bonds. The summed E-state index contributed by atoms with van der Waals surface area (Å²) < 4.78 is 5.10. The minimum atomic E-state index is -0.126. The molecule has 1 aromatic carbocycles. The fraction of sp³-hybridized carbons (Fsp3) is 0.533. The Hall–Kier alpha value is -1.39. The van der Waals surface area contributed by atoms with Gasteiger partial charge in [0.25, 0.3) is 0 Å². The van der Waals surface area contributed by atoms with Crippen LogP contribution in [0.15, 0.2) is 24.3 Å².